The summed E-state index contributed by atoms with van der Waals surface area (Å²) in [6.07, 6.45) is 1.67. The first-order valence-electron chi connectivity index (χ1n) is 8.18. The number of rotatable bonds is 6. The second kappa shape index (κ2) is 8.79. The minimum absolute atomic E-state index is 0.286. The first-order valence-corrected chi connectivity index (χ1v) is 9.00. The van der Waals surface area contributed by atoms with Crippen LogP contribution in [0.5, 0.6) is 11.5 Å². The normalized spacial score (nSPS) is 10.8. The van der Waals surface area contributed by atoms with Crippen LogP contribution < -0.4 is 14.8 Å². The fourth-order valence-corrected chi connectivity index (χ4v) is 3.10. The molecule has 0 unspecified atom stereocenters. The Bertz CT molecular complexity index is 1050. The van der Waals surface area contributed by atoms with Crippen LogP contribution in [0.3, 0.4) is 0 Å². The number of allylic oxidation sites excluding steroid dienone is 1. The molecule has 28 heavy (non-hydrogen) atoms. The Morgan fingerprint density at radius 2 is 1.86 bits per heavy atom. The summed E-state index contributed by atoms with van der Waals surface area (Å²) >= 11 is 1.12. The van der Waals surface area contributed by atoms with Gasteiger partial charge in [-0.1, -0.05) is 35.6 Å². The van der Waals surface area contributed by atoms with E-state index < -0.39 is 0 Å². The number of ether oxygens (including phenoxy) is 2. The molecule has 0 saturated carbocycles. The number of anilines is 1. The second-order valence-electron chi connectivity index (χ2n) is 5.52. The number of hydrogen-bond acceptors (Lipinski definition) is 7. The third-order valence-electron chi connectivity index (χ3n) is 3.75. The van der Waals surface area contributed by atoms with Crippen LogP contribution in [0.25, 0.3) is 11.6 Å². The van der Waals surface area contributed by atoms with Crippen molar-refractivity contribution in [3.05, 3.63) is 64.7 Å². The van der Waals surface area contributed by atoms with Gasteiger partial charge in [-0.15, -0.1) is 10.2 Å². The predicted molar refractivity (Wildman–Crippen MR) is 107 cm³/mol. The van der Waals surface area contributed by atoms with Gasteiger partial charge < -0.3 is 9.47 Å². The lowest BCUT2D eigenvalue weighted by molar-refractivity contribution is 0.102. The molecule has 1 aromatic heterocycles. The van der Waals surface area contributed by atoms with Crippen LogP contribution in [0.15, 0.2) is 48.5 Å². The zero-order valence-corrected chi connectivity index (χ0v) is 16.0. The zero-order valence-electron chi connectivity index (χ0n) is 15.2. The Balaban J connectivity index is 1.81. The smallest absolute Gasteiger partial charge is 0.257 e. The number of nitrogens with one attached hydrogen (secondary N) is 1. The van der Waals surface area contributed by atoms with Crippen molar-refractivity contribution in [2.75, 3.05) is 19.5 Å². The summed E-state index contributed by atoms with van der Waals surface area (Å²) < 4.78 is 10.5. The Morgan fingerprint density at radius 1 is 1.11 bits per heavy atom. The standard InChI is InChI=1S/C20H16N4O3S/c1-26-16-9-8-13(11-17(16)27-2)10-15(12-21)19-23-24-20(28-19)22-18(25)14-6-4-3-5-7-14/h3-11H,1-2H3,(H,22,24,25). The SMILES string of the molecule is COc1ccc(C=C(C#N)c2nnc(NC(=O)c3ccccc3)s2)cc1OC. The quantitative estimate of drug-likeness (QED) is 0.640. The number of aromatic nitrogens is 2. The van der Waals surface area contributed by atoms with Gasteiger partial charge in [-0.25, -0.2) is 0 Å². The summed E-state index contributed by atoms with van der Waals surface area (Å²) in [5, 5.41) is 20.9. The Kier molecular flexibility index (Phi) is 5.99. The van der Waals surface area contributed by atoms with E-state index in [4.69, 9.17) is 9.47 Å². The lowest BCUT2D eigenvalue weighted by atomic mass is 10.1. The topological polar surface area (TPSA) is 97.1 Å². The fraction of sp³-hybridized carbons (Fsp3) is 0.100. The largest absolute Gasteiger partial charge is 0.493 e. The summed E-state index contributed by atoms with van der Waals surface area (Å²) in [6.45, 7) is 0. The highest BCUT2D eigenvalue weighted by molar-refractivity contribution is 7.16. The Labute approximate surface area is 165 Å². The Hall–Kier alpha value is -3.70. The second-order valence-corrected chi connectivity index (χ2v) is 6.49. The molecule has 0 bridgehead atoms. The molecule has 1 N–H and O–H groups in total. The van der Waals surface area contributed by atoms with Gasteiger partial charge in [0.1, 0.15) is 6.07 Å². The first-order chi connectivity index (χ1) is 13.6. The summed E-state index contributed by atoms with van der Waals surface area (Å²) in [7, 11) is 3.10. The zero-order chi connectivity index (χ0) is 19.9. The minimum atomic E-state index is -0.286. The molecular weight excluding hydrogens is 376 g/mol. The lowest BCUT2D eigenvalue weighted by Gasteiger charge is -2.07. The number of carbonyl (C=O) groups is 1. The lowest BCUT2D eigenvalue weighted by Crippen LogP contribution is -2.11. The van der Waals surface area contributed by atoms with Crippen LogP contribution >= 0.6 is 11.3 Å². The van der Waals surface area contributed by atoms with Crippen molar-refractivity contribution in [3.8, 4) is 17.6 Å². The molecule has 0 fully saturated rings. The van der Waals surface area contributed by atoms with E-state index in [-0.39, 0.29) is 5.91 Å². The summed E-state index contributed by atoms with van der Waals surface area (Å²) in [5.41, 5.74) is 1.59. The van der Waals surface area contributed by atoms with Crippen LogP contribution in [-0.2, 0) is 0 Å². The van der Waals surface area contributed by atoms with Crippen molar-refractivity contribution >= 4 is 34.0 Å². The van der Waals surface area contributed by atoms with Gasteiger partial charge >= 0.3 is 0 Å². The first kappa shape index (κ1) is 19.1. The van der Waals surface area contributed by atoms with Gasteiger partial charge in [0.05, 0.1) is 19.8 Å². The van der Waals surface area contributed by atoms with Gasteiger partial charge in [-0.05, 0) is 35.9 Å². The van der Waals surface area contributed by atoms with E-state index in [1.807, 2.05) is 6.07 Å². The van der Waals surface area contributed by atoms with Crippen molar-refractivity contribution < 1.29 is 14.3 Å². The van der Waals surface area contributed by atoms with Crippen LogP contribution in [0.2, 0.25) is 0 Å². The number of methoxy groups -OCH3 is 2. The predicted octanol–water partition coefficient (Wildman–Crippen LogP) is 3.87. The average Bonchev–Trinajstić information content (AvgIpc) is 3.20. The number of hydrogen-bond donors (Lipinski definition) is 1. The molecule has 3 aromatic rings. The molecule has 0 spiro atoms. The molecule has 0 aliphatic carbocycles. The number of nitriles is 1. The maximum Gasteiger partial charge on any atom is 0.257 e. The molecule has 140 valence electrons. The van der Waals surface area contributed by atoms with Crippen LogP contribution in [0, 0.1) is 11.3 Å². The van der Waals surface area contributed by atoms with Crippen molar-refractivity contribution in [3.63, 3.8) is 0 Å². The van der Waals surface area contributed by atoms with Gasteiger partial charge in [-0.2, -0.15) is 5.26 Å². The van der Waals surface area contributed by atoms with E-state index in [2.05, 4.69) is 21.6 Å². The third kappa shape index (κ3) is 4.34. The maximum absolute atomic E-state index is 12.2. The molecule has 3 rings (SSSR count). The number of benzene rings is 2. The number of nitrogens with zero attached hydrogens (tertiary/aromatic N) is 3. The fourth-order valence-electron chi connectivity index (χ4n) is 2.39. The molecule has 0 aliphatic rings. The summed E-state index contributed by atoms with van der Waals surface area (Å²) in [5.74, 6) is 0.868. The molecule has 0 saturated heterocycles. The summed E-state index contributed by atoms with van der Waals surface area (Å²) in [6, 6.07) is 16.2. The molecule has 1 amide bonds. The molecule has 0 radical (unpaired) electrons. The molecule has 2 aromatic carbocycles. The van der Waals surface area contributed by atoms with E-state index in [0.29, 0.717) is 32.8 Å². The van der Waals surface area contributed by atoms with Crippen molar-refractivity contribution in [1.29, 1.82) is 5.26 Å². The molecule has 8 heteroatoms. The summed E-state index contributed by atoms with van der Waals surface area (Å²) in [4.78, 5) is 12.2. The van der Waals surface area contributed by atoms with Gasteiger partial charge in [0.2, 0.25) is 5.13 Å². The van der Waals surface area contributed by atoms with Gasteiger partial charge in [0.15, 0.2) is 16.5 Å². The van der Waals surface area contributed by atoms with Crippen LogP contribution in [-0.4, -0.2) is 30.3 Å². The van der Waals surface area contributed by atoms with Crippen molar-refractivity contribution in [1.82, 2.24) is 10.2 Å². The van der Waals surface area contributed by atoms with Gasteiger partial charge in [0.25, 0.3) is 5.91 Å². The van der Waals surface area contributed by atoms with Gasteiger partial charge in [0, 0.05) is 5.56 Å². The minimum Gasteiger partial charge on any atom is -0.493 e. The molecule has 7 nitrogen and oxygen atoms in total. The third-order valence-corrected chi connectivity index (χ3v) is 4.62. The van der Waals surface area contributed by atoms with E-state index >= 15 is 0 Å². The molecule has 1 heterocycles. The maximum atomic E-state index is 12.2. The van der Waals surface area contributed by atoms with Crippen molar-refractivity contribution in [2.45, 2.75) is 0 Å². The highest BCUT2D eigenvalue weighted by atomic mass is 32.1. The van der Waals surface area contributed by atoms with Crippen LogP contribution in [0.1, 0.15) is 20.9 Å². The molecule has 0 atom stereocenters. The van der Waals surface area contributed by atoms with E-state index in [1.165, 1.54) is 0 Å². The van der Waals surface area contributed by atoms with Crippen molar-refractivity contribution in [2.24, 2.45) is 0 Å². The molecular formula is C20H16N4O3S. The average molecular weight is 392 g/mol. The van der Waals surface area contributed by atoms with Crippen LogP contribution in [0.4, 0.5) is 5.13 Å². The number of amides is 1. The number of carbonyl (C=O) groups excluding carboxylic acids is 1. The highest BCUT2D eigenvalue weighted by Crippen LogP contribution is 2.30. The van der Waals surface area contributed by atoms with E-state index in [0.717, 1.165) is 16.9 Å². The Morgan fingerprint density at radius 3 is 2.54 bits per heavy atom. The van der Waals surface area contributed by atoms with E-state index in [1.54, 1.807) is 62.8 Å². The highest BCUT2D eigenvalue weighted by Gasteiger charge is 2.13. The van der Waals surface area contributed by atoms with Gasteiger partial charge in [-0.3, -0.25) is 10.1 Å². The molecule has 0 aliphatic heterocycles. The van der Waals surface area contributed by atoms with E-state index in [9.17, 15) is 10.1 Å². The monoisotopic (exact) mass is 392 g/mol.